The highest BCUT2D eigenvalue weighted by molar-refractivity contribution is 5.67. The summed E-state index contributed by atoms with van der Waals surface area (Å²) < 4.78 is 0.854. The number of pyridine rings is 1. The maximum Gasteiger partial charge on any atom is 0.275 e. The first-order chi connectivity index (χ1) is 13.8. The average Bonchev–Trinajstić information content (AvgIpc) is 2.72. The lowest BCUT2D eigenvalue weighted by molar-refractivity contribution is -0.304. The van der Waals surface area contributed by atoms with Crippen molar-refractivity contribution in [2.24, 2.45) is 10.2 Å². The Balaban J connectivity index is 2.32. The molecule has 0 aliphatic heterocycles. The van der Waals surface area contributed by atoms with Crippen LogP contribution in [0.25, 0.3) is 11.8 Å². The zero-order valence-electron chi connectivity index (χ0n) is 16.5. The third kappa shape index (κ3) is 4.66. The van der Waals surface area contributed by atoms with Crippen LogP contribution in [-0.4, -0.2) is 22.4 Å². The summed E-state index contributed by atoms with van der Waals surface area (Å²) in [7, 11) is 0. The molecule has 0 amide bonds. The summed E-state index contributed by atoms with van der Waals surface area (Å²) in [4.78, 5) is 22.3. The Bertz CT molecular complexity index is 1050. The molecule has 1 aromatic carbocycles. The van der Waals surface area contributed by atoms with Crippen molar-refractivity contribution in [3.63, 3.8) is 0 Å². The normalized spacial score (nSPS) is 11.9. The lowest BCUT2D eigenvalue weighted by atomic mass is 10.0. The molecule has 0 saturated carbocycles. The van der Waals surface area contributed by atoms with E-state index in [9.17, 15) is 15.2 Å². The van der Waals surface area contributed by atoms with Crippen molar-refractivity contribution >= 4 is 23.1 Å². The van der Waals surface area contributed by atoms with Crippen molar-refractivity contribution in [3.8, 4) is 11.9 Å². The van der Waals surface area contributed by atoms with Crippen molar-refractivity contribution in [2.75, 3.05) is 6.61 Å². The number of aromatic hydroxyl groups is 1. The topological polar surface area (TPSA) is 109 Å². The molecule has 29 heavy (non-hydrogen) atoms. The van der Waals surface area contributed by atoms with Crippen LogP contribution in [0, 0.1) is 18.3 Å². The van der Waals surface area contributed by atoms with Gasteiger partial charge in [0.1, 0.15) is 17.7 Å². The zero-order chi connectivity index (χ0) is 21.6. The van der Waals surface area contributed by atoms with Gasteiger partial charge in [0.2, 0.25) is 5.88 Å². The summed E-state index contributed by atoms with van der Waals surface area (Å²) in [6.07, 6.45) is 0.800. The second-order valence-corrected chi connectivity index (χ2v) is 6.06. The Morgan fingerprint density at radius 1 is 1.38 bits per heavy atom. The molecule has 0 fully saturated rings. The summed E-state index contributed by atoms with van der Waals surface area (Å²) in [5.41, 5.74) is 1.56. The van der Waals surface area contributed by atoms with Gasteiger partial charge in [-0.1, -0.05) is 25.3 Å². The second-order valence-electron chi connectivity index (χ2n) is 6.06. The second kappa shape index (κ2) is 9.59. The van der Waals surface area contributed by atoms with Gasteiger partial charge in [0.25, 0.3) is 5.56 Å². The number of rotatable bonds is 8. The molecule has 0 saturated heterocycles. The van der Waals surface area contributed by atoms with Gasteiger partial charge in [0, 0.05) is 11.8 Å². The minimum absolute atomic E-state index is 0.0215. The van der Waals surface area contributed by atoms with E-state index < -0.39 is 11.4 Å². The van der Waals surface area contributed by atoms with Gasteiger partial charge in [0.05, 0.1) is 12.3 Å². The number of nitriles is 1. The first kappa shape index (κ1) is 21.8. The van der Waals surface area contributed by atoms with Gasteiger partial charge < -0.3 is 5.11 Å². The highest BCUT2D eigenvalue weighted by Crippen LogP contribution is 2.32. The number of benzene rings is 1. The fourth-order valence-electron chi connectivity index (χ4n) is 2.51. The van der Waals surface area contributed by atoms with E-state index >= 15 is 0 Å². The summed E-state index contributed by atoms with van der Waals surface area (Å²) in [5, 5.41) is 27.6. The lowest BCUT2D eigenvalue weighted by Gasteiger charge is -2.14. The fourth-order valence-corrected chi connectivity index (χ4v) is 2.51. The predicted molar refractivity (Wildman–Crippen MR) is 110 cm³/mol. The van der Waals surface area contributed by atoms with Crippen molar-refractivity contribution < 1.29 is 14.9 Å². The lowest BCUT2D eigenvalue weighted by Crippen LogP contribution is -2.19. The Morgan fingerprint density at radius 3 is 2.59 bits per heavy atom. The molecule has 0 bridgehead atoms. The Kier molecular flexibility index (Phi) is 7.20. The number of azo groups is 1. The Hall–Kier alpha value is -3.54. The van der Waals surface area contributed by atoms with Crippen molar-refractivity contribution in [3.05, 3.63) is 64.5 Å². The molecule has 8 heteroatoms. The molecular formula is C21H22N4O4. The van der Waals surface area contributed by atoms with Crippen LogP contribution in [0.1, 0.15) is 30.5 Å². The highest BCUT2D eigenvalue weighted by Gasteiger charge is 2.18. The largest absolute Gasteiger partial charge is 0.493 e. The van der Waals surface area contributed by atoms with Crippen LogP contribution in [0.2, 0.25) is 0 Å². The maximum absolute atomic E-state index is 12.1. The van der Waals surface area contributed by atoms with Crippen LogP contribution >= 0.6 is 0 Å². The van der Waals surface area contributed by atoms with Crippen LogP contribution < -0.4 is 5.56 Å². The third-order valence-electron chi connectivity index (χ3n) is 4.22. The van der Waals surface area contributed by atoms with Gasteiger partial charge >= 0.3 is 0 Å². The molecule has 0 spiro atoms. The molecule has 1 unspecified atom stereocenters. The van der Waals surface area contributed by atoms with E-state index in [1.165, 1.54) is 6.92 Å². The average molecular weight is 394 g/mol. The summed E-state index contributed by atoms with van der Waals surface area (Å²) in [6.45, 7) is 13.1. The molecule has 0 radical (unpaired) electrons. The summed E-state index contributed by atoms with van der Waals surface area (Å²) >= 11 is 0. The van der Waals surface area contributed by atoms with Crippen LogP contribution in [0.15, 0.2) is 52.4 Å². The van der Waals surface area contributed by atoms with Crippen LogP contribution in [0.5, 0.6) is 5.88 Å². The first-order valence-corrected chi connectivity index (χ1v) is 8.85. The van der Waals surface area contributed by atoms with Gasteiger partial charge in [-0.2, -0.15) is 10.4 Å². The first-order valence-electron chi connectivity index (χ1n) is 8.85. The maximum atomic E-state index is 12.1. The van der Waals surface area contributed by atoms with Crippen LogP contribution in [0.3, 0.4) is 0 Å². The van der Waals surface area contributed by atoms with Crippen LogP contribution in [-0.2, 0) is 9.78 Å². The van der Waals surface area contributed by atoms with Gasteiger partial charge in [-0.05, 0) is 44.0 Å². The number of hydrogen-bond donors (Lipinski definition) is 1. The van der Waals surface area contributed by atoms with Gasteiger partial charge in [-0.3, -0.25) is 9.36 Å². The zero-order valence-corrected chi connectivity index (χ0v) is 16.5. The number of nitrogens with zero attached hydrogens (tertiary/aromatic N) is 4. The van der Waals surface area contributed by atoms with E-state index in [1.807, 2.05) is 19.9 Å². The van der Waals surface area contributed by atoms with E-state index in [0.717, 1.165) is 21.9 Å². The molecule has 2 rings (SSSR count). The fraction of sp³-hybridized carbons (Fsp3) is 0.238. The standard InChI is InChI=1S/C21H22N4O4/c1-6-25-20(26)18(12-22)14(4)19(21(25)27)24-23-17-10-8-16(9-11-17)13(3)15(5)29-28-7-2/h6,8-11,15,27H,1,3,7H2,2,4-5H3/b24-23+. The van der Waals surface area contributed by atoms with Crippen molar-refractivity contribution in [2.45, 2.75) is 26.9 Å². The molecule has 0 aliphatic rings. The molecule has 150 valence electrons. The number of aromatic nitrogens is 1. The third-order valence-corrected chi connectivity index (χ3v) is 4.22. The van der Waals surface area contributed by atoms with E-state index in [1.54, 1.807) is 24.3 Å². The molecule has 0 aliphatic carbocycles. The highest BCUT2D eigenvalue weighted by atomic mass is 17.2. The Morgan fingerprint density at radius 2 is 2.03 bits per heavy atom. The molecule has 2 aromatic rings. The molecule has 1 atom stereocenters. The Labute approximate surface area is 168 Å². The van der Waals surface area contributed by atoms with E-state index in [0.29, 0.717) is 12.3 Å². The smallest absolute Gasteiger partial charge is 0.275 e. The van der Waals surface area contributed by atoms with E-state index in [4.69, 9.17) is 9.78 Å². The molecule has 1 aromatic heterocycles. The number of hydrogen-bond acceptors (Lipinski definition) is 7. The minimum atomic E-state index is -0.664. The minimum Gasteiger partial charge on any atom is -0.493 e. The molecule has 8 nitrogen and oxygen atoms in total. The van der Waals surface area contributed by atoms with Gasteiger partial charge in [0.15, 0.2) is 5.69 Å². The van der Waals surface area contributed by atoms with Gasteiger partial charge in [-0.15, -0.1) is 5.11 Å². The van der Waals surface area contributed by atoms with Crippen LogP contribution in [0.4, 0.5) is 11.4 Å². The van der Waals surface area contributed by atoms with E-state index in [-0.39, 0.29) is 22.9 Å². The van der Waals surface area contributed by atoms with Crippen molar-refractivity contribution in [1.82, 2.24) is 4.57 Å². The molecule has 1 heterocycles. The molecular weight excluding hydrogens is 372 g/mol. The van der Waals surface area contributed by atoms with Gasteiger partial charge in [-0.25, -0.2) is 9.78 Å². The predicted octanol–water partition coefficient (Wildman–Crippen LogP) is 4.62. The van der Waals surface area contributed by atoms with E-state index in [2.05, 4.69) is 23.4 Å². The SMILES string of the molecule is C=Cn1c(O)c(/N=N/c2ccc(C(=C)C(C)OOCC)cc2)c(C)c(C#N)c1=O. The monoisotopic (exact) mass is 394 g/mol. The van der Waals surface area contributed by atoms with Crippen molar-refractivity contribution in [1.29, 1.82) is 5.26 Å². The quantitative estimate of drug-likeness (QED) is 0.399. The summed E-state index contributed by atoms with van der Waals surface area (Å²) in [6, 6.07) is 8.88. The summed E-state index contributed by atoms with van der Waals surface area (Å²) in [5.74, 6) is -0.433. The molecule has 1 N–H and O–H groups in total.